The Kier molecular flexibility index (Phi) is 7.15. The van der Waals surface area contributed by atoms with Crippen LogP contribution in [0.15, 0.2) is 22.8 Å². The average molecular weight is 462 g/mol. The van der Waals surface area contributed by atoms with Crippen molar-refractivity contribution in [2.24, 2.45) is 5.92 Å². The molecule has 0 bridgehead atoms. The van der Waals surface area contributed by atoms with Crippen LogP contribution in [0.4, 0.5) is 18.3 Å². The van der Waals surface area contributed by atoms with E-state index in [4.69, 9.17) is 19.1 Å². The summed E-state index contributed by atoms with van der Waals surface area (Å²) in [6, 6.07) is 3.66. The van der Waals surface area contributed by atoms with E-state index >= 15 is 0 Å². The first-order chi connectivity index (χ1) is 14.6. The van der Waals surface area contributed by atoms with Crippen molar-refractivity contribution in [1.29, 1.82) is 0 Å². The molecule has 170 valence electrons. The van der Waals surface area contributed by atoms with E-state index < -0.39 is 12.1 Å². The topological polar surface area (TPSA) is 118 Å². The van der Waals surface area contributed by atoms with Crippen LogP contribution in [0.1, 0.15) is 23.6 Å². The molecule has 0 spiro atoms. The number of aliphatic carboxylic acids is 1. The zero-order valence-corrected chi connectivity index (χ0v) is 17.3. The third-order valence-electron chi connectivity index (χ3n) is 4.89. The summed E-state index contributed by atoms with van der Waals surface area (Å²) in [6.07, 6.45) is -1.96. The van der Waals surface area contributed by atoms with Crippen molar-refractivity contribution in [3.05, 3.63) is 29.2 Å². The monoisotopic (exact) mass is 462 g/mol. The number of carboxylic acids is 1. The van der Waals surface area contributed by atoms with Crippen LogP contribution in [-0.2, 0) is 20.9 Å². The fourth-order valence-corrected chi connectivity index (χ4v) is 4.11. The lowest BCUT2D eigenvalue weighted by atomic mass is 9.92. The van der Waals surface area contributed by atoms with Gasteiger partial charge in [0.05, 0.1) is 18.9 Å². The molecule has 2 aromatic heterocycles. The number of carbonyl (C=O) groups excluding carboxylic acids is 1. The van der Waals surface area contributed by atoms with Gasteiger partial charge in [0.1, 0.15) is 16.9 Å². The number of halogens is 3. The summed E-state index contributed by atoms with van der Waals surface area (Å²) in [5.74, 6) is -1.63. The predicted octanol–water partition coefficient (Wildman–Crippen LogP) is 2.37. The van der Waals surface area contributed by atoms with E-state index in [0.717, 1.165) is 41.8 Å². The van der Waals surface area contributed by atoms with Gasteiger partial charge in [-0.25, -0.2) is 4.79 Å². The van der Waals surface area contributed by atoms with Gasteiger partial charge in [-0.1, -0.05) is 11.3 Å². The molecule has 0 radical (unpaired) electrons. The van der Waals surface area contributed by atoms with E-state index in [2.05, 4.69) is 20.4 Å². The number of nitrogens with one attached hydrogen (secondary N) is 1. The predicted molar refractivity (Wildman–Crippen MR) is 102 cm³/mol. The second kappa shape index (κ2) is 9.64. The molecule has 0 aliphatic carbocycles. The Morgan fingerprint density at radius 3 is 2.71 bits per heavy atom. The molecular weight excluding hydrogens is 441 g/mol. The molecule has 31 heavy (non-hydrogen) atoms. The van der Waals surface area contributed by atoms with Crippen LogP contribution in [-0.4, -0.2) is 58.7 Å². The third-order valence-corrected chi connectivity index (χ3v) is 5.79. The zero-order valence-electron chi connectivity index (χ0n) is 16.5. The second-order valence-corrected chi connectivity index (χ2v) is 8.26. The minimum absolute atomic E-state index is 0.0564. The Balaban J connectivity index is 0.000000339. The van der Waals surface area contributed by atoms with E-state index in [1.54, 1.807) is 17.6 Å². The number of rotatable bonds is 4. The van der Waals surface area contributed by atoms with Gasteiger partial charge in [0.15, 0.2) is 0 Å². The minimum Gasteiger partial charge on any atom is -0.475 e. The number of fused-ring (bicyclic) bond motifs is 1. The van der Waals surface area contributed by atoms with E-state index in [9.17, 15) is 18.0 Å². The molecular formula is C18H21F3N4O5S. The van der Waals surface area contributed by atoms with Crippen LogP contribution < -0.4 is 10.2 Å². The summed E-state index contributed by atoms with van der Waals surface area (Å²) >= 11 is 1.60. The standard InChI is InChI=1S/C16H20N4O3S.C2HF3O2/c1-10-18-19-16(24-10)20-5-4-11-7-13(23-14(11)9-20)15(21)17-8-12-3-2-6-22-12;3-2(4,5)1(6)7/h2-3,6,11,13-14H,4-5,7-9H2,1H3,(H,17,21);(H,6,7)/t11-,13+,14+;/m0./s1. The molecule has 1 amide bonds. The summed E-state index contributed by atoms with van der Waals surface area (Å²) in [5.41, 5.74) is 0. The van der Waals surface area contributed by atoms with Gasteiger partial charge in [-0.2, -0.15) is 13.2 Å². The van der Waals surface area contributed by atoms with Gasteiger partial charge in [0, 0.05) is 13.1 Å². The summed E-state index contributed by atoms with van der Waals surface area (Å²) in [6.45, 7) is 4.08. The number of piperidine rings is 1. The Bertz CT molecular complexity index is 889. The highest BCUT2D eigenvalue weighted by Crippen LogP contribution is 2.35. The molecule has 2 saturated heterocycles. The van der Waals surface area contributed by atoms with Gasteiger partial charge in [0.25, 0.3) is 0 Å². The van der Waals surface area contributed by atoms with E-state index in [1.165, 1.54) is 0 Å². The maximum Gasteiger partial charge on any atom is 0.490 e. The number of nitrogens with zero attached hydrogens (tertiary/aromatic N) is 3. The fourth-order valence-electron chi connectivity index (χ4n) is 3.39. The number of alkyl halides is 3. The van der Waals surface area contributed by atoms with Crippen molar-refractivity contribution < 1.29 is 37.0 Å². The van der Waals surface area contributed by atoms with Crippen LogP contribution in [0.3, 0.4) is 0 Å². The van der Waals surface area contributed by atoms with Crippen molar-refractivity contribution in [2.75, 3.05) is 18.0 Å². The molecule has 2 fully saturated rings. The zero-order chi connectivity index (χ0) is 22.6. The van der Waals surface area contributed by atoms with Gasteiger partial charge in [-0.05, 0) is 37.8 Å². The molecule has 0 unspecified atom stereocenters. The highest BCUT2D eigenvalue weighted by Gasteiger charge is 2.42. The molecule has 2 N–H and O–H groups in total. The summed E-state index contributed by atoms with van der Waals surface area (Å²) < 4.78 is 43.0. The number of anilines is 1. The Morgan fingerprint density at radius 2 is 2.13 bits per heavy atom. The molecule has 4 heterocycles. The average Bonchev–Trinajstić information content (AvgIpc) is 3.45. The number of aromatic nitrogens is 2. The van der Waals surface area contributed by atoms with Crippen molar-refractivity contribution in [1.82, 2.24) is 15.5 Å². The first-order valence-electron chi connectivity index (χ1n) is 9.44. The Morgan fingerprint density at radius 1 is 1.39 bits per heavy atom. The number of ether oxygens (including phenoxy) is 1. The van der Waals surface area contributed by atoms with E-state index in [0.29, 0.717) is 12.5 Å². The van der Waals surface area contributed by atoms with E-state index in [-0.39, 0.29) is 18.1 Å². The van der Waals surface area contributed by atoms with E-state index in [1.807, 2.05) is 19.1 Å². The minimum atomic E-state index is -5.08. The second-order valence-electron chi connectivity index (χ2n) is 7.10. The number of carboxylic acid groups (broad SMARTS) is 1. The maximum atomic E-state index is 12.3. The molecule has 13 heteroatoms. The number of aryl methyl sites for hydroxylation is 1. The molecule has 0 saturated carbocycles. The Hall–Kier alpha value is -2.67. The lowest BCUT2D eigenvalue weighted by Crippen LogP contribution is -2.42. The smallest absolute Gasteiger partial charge is 0.475 e. The Labute approximate surface area is 179 Å². The number of hydrogen-bond donors (Lipinski definition) is 2. The molecule has 4 rings (SSSR count). The van der Waals surface area contributed by atoms with Gasteiger partial charge in [-0.3, -0.25) is 4.79 Å². The SMILES string of the molecule is Cc1nnc(N2CC[C@H]3C[C@H](C(=O)NCc4ccco4)O[C@@H]3C2)s1.O=C(O)C(F)(F)F. The fraction of sp³-hybridized carbons (Fsp3) is 0.556. The molecule has 2 aliphatic heterocycles. The van der Waals surface area contributed by atoms with Gasteiger partial charge in [-0.15, -0.1) is 10.2 Å². The quantitative estimate of drug-likeness (QED) is 0.711. The van der Waals surface area contributed by atoms with Crippen molar-refractivity contribution >= 4 is 28.3 Å². The molecule has 2 aliphatic rings. The molecule has 2 aromatic rings. The number of carbonyl (C=O) groups is 2. The maximum absolute atomic E-state index is 12.3. The molecule has 3 atom stereocenters. The van der Waals surface area contributed by atoms with Crippen LogP contribution >= 0.6 is 11.3 Å². The molecule has 0 aromatic carbocycles. The van der Waals surface area contributed by atoms with Crippen LogP contribution in [0.25, 0.3) is 0 Å². The number of hydrogen-bond acceptors (Lipinski definition) is 8. The third kappa shape index (κ3) is 6.17. The van der Waals surface area contributed by atoms with Gasteiger partial charge in [0.2, 0.25) is 11.0 Å². The number of furan rings is 1. The molecule has 9 nitrogen and oxygen atoms in total. The van der Waals surface area contributed by atoms with Crippen molar-refractivity contribution in [3.8, 4) is 0 Å². The lowest BCUT2D eigenvalue weighted by molar-refractivity contribution is -0.192. The summed E-state index contributed by atoms with van der Waals surface area (Å²) in [5, 5.41) is 20.2. The highest BCUT2D eigenvalue weighted by molar-refractivity contribution is 7.15. The largest absolute Gasteiger partial charge is 0.490 e. The highest BCUT2D eigenvalue weighted by atomic mass is 32.1. The summed E-state index contributed by atoms with van der Waals surface area (Å²) in [7, 11) is 0. The number of amides is 1. The lowest BCUT2D eigenvalue weighted by Gasteiger charge is -2.33. The van der Waals surface area contributed by atoms with Crippen LogP contribution in [0.2, 0.25) is 0 Å². The first kappa shape index (κ1) is 23.0. The van der Waals surface area contributed by atoms with Crippen LogP contribution in [0, 0.1) is 12.8 Å². The van der Waals surface area contributed by atoms with Gasteiger partial charge >= 0.3 is 12.1 Å². The van der Waals surface area contributed by atoms with Crippen LogP contribution in [0.5, 0.6) is 0 Å². The van der Waals surface area contributed by atoms with Gasteiger partial charge < -0.3 is 24.5 Å². The summed E-state index contributed by atoms with van der Waals surface area (Å²) in [4.78, 5) is 23.4. The first-order valence-corrected chi connectivity index (χ1v) is 10.3. The van der Waals surface area contributed by atoms with Crippen molar-refractivity contribution in [3.63, 3.8) is 0 Å². The normalized spacial score (nSPS) is 23.0. The van der Waals surface area contributed by atoms with Crippen molar-refractivity contribution in [2.45, 2.75) is 44.7 Å².